The van der Waals surface area contributed by atoms with Crippen LogP contribution in [0.2, 0.25) is 0 Å². The smallest absolute Gasteiger partial charge is 0.254 e. The molecule has 2 aromatic carbocycles. The van der Waals surface area contributed by atoms with Gasteiger partial charge in [-0.2, -0.15) is 5.26 Å². The molecule has 1 atom stereocenters. The Balaban J connectivity index is 2.07. The first-order valence-corrected chi connectivity index (χ1v) is 10.2. The molecule has 0 fully saturated rings. The fourth-order valence-corrected chi connectivity index (χ4v) is 3.97. The number of allylic oxidation sites excluding steroid dienone is 2. The number of carbonyl (C=O) groups is 1. The van der Waals surface area contributed by atoms with E-state index in [9.17, 15) is 10.1 Å². The van der Waals surface area contributed by atoms with Gasteiger partial charge in [0.1, 0.15) is 5.75 Å². The molecule has 0 saturated heterocycles. The van der Waals surface area contributed by atoms with Gasteiger partial charge in [0.15, 0.2) is 0 Å². The van der Waals surface area contributed by atoms with E-state index in [1.807, 2.05) is 37.4 Å². The molecular weight excluding hydrogens is 384 g/mol. The quantitative estimate of drug-likeness (QED) is 0.650. The van der Waals surface area contributed by atoms with Crippen LogP contribution in [0.25, 0.3) is 0 Å². The van der Waals surface area contributed by atoms with E-state index in [1.54, 1.807) is 31.4 Å². The van der Waals surface area contributed by atoms with Crippen LogP contribution in [0.5, 0.6) is 5.75 Å². The minimum atomic E-state index is -0.501. The molecule has 0 spiro atoms. The first kappa shape index (κ1) is 20.4. The van der Waals surface area contributed by atoms with Gasteiger partial charge in [-0.3, -0.25) is 4.79 Å². The van der Waals surface area contributed by atoms with Gasteiger partial charge in [-0.15, -0.1) is 11.8 Å². The topological polar surface area (TPSA) is 100 Å². The Morgan fingerprint density at radius 1 is 1.24 bits per heavy atom. The molecule has 0 saturated carbocycles. The maximum Gasteiger partial charge on any atom is 0.254 e. The minimum absolute atomic E-state index is 0.297. The Bertz CT molecular complexity index is 1040. The third kappa shape index (κ3) is 4.08. The number of hydrogen-bond acceptors (Lipinski definition) is 6. The van der Waals surface area contributed by atoms with Gasteiger partial charge in [-0.25, -0.2) is 0 Å². The lowest BCUT2D eigenvalue weighted by molar-refractivity contribution is -0.113. The molecule has 1 amide bonds. The third-order valence-electron chi connectivity index (χ3n) is 4.72. The summed E-state index contributed by atoms with van der Waals surface area (Å²) in [6.07, 6.45) is 1.90. The van der Waals surface area contributed by atoms with Crippen LogP contribution in [0.1, 0.15) is 18.4 Å². The summed E-state index contributed by atoms with van der Waals surface area (Å²) in [7, 11) is 1.55. The van der Waals surface area contributed by atoms with Crippen molar-refractivity contribution in [2.45, 2.75) is 12.8 Å². The number of nitrogens with one attached hydrogen (secondary N) is 2. The number of benzene rings is 2. The largest absolute Gasteiger partial charge is 0.495 e. The first-order chi connectivity index (χ1) is 14.0. The zero-order valence-electron chi connectivity index (χ0n) is 16.4. The van der Waals surface area contributed by atoms with Crippen LogP contribution in [0.4, 0.5) is 11.4 Å². The lowest BCUT2D eigenvalue weighted by Crippen LogP contribution is -2.30. The molecule has 29 heavy (non-hydrogen) atoms. The van der Waals surface area contributed by atoms with Gasteiger partial charge < -0.3 is 21.1 Å². The predicted molar refractivity (Wildman–Crippen MR) is 117 cm³/mol. The maximum atomic E-state index is 13.3. The van der Waals surface area contributed by atoms with E-state index in [4.69, 9.17) is 10.5 Å². The molecule has 1 aliphatic rings. The van der Waals surface area contributed by atoms with Crippen molar-refractivity contribution in [2.75, 3.05) is 24.4 Å². The Morgan fingerprint density at radius 3 is 2.55 bits per heavy atom. The van der Waals surface area contributed by atoms with Crippen LogP contribution < -0.4 is 21.1 Å². The number of nitriles is 1. The second kappa shape index (κ2) is 8.76. The zero-order valence-corrected chi connectivity index (χ0v) is 17.3. The number of hydrogen-bond donors (Lipinski definition) is 3. The first-order valence-electron chi connectivity index (χ1n) is 8.96. The number of methoxy groups -OCH3 is 1. The summed E-state index contributed by atoms with van der Waals surface area (Å²) in [5, 5.41) is 16.7. The molecule has 0 bridgehead atoms. The maximum absolute atomic E-state index is 13.3. The van der Waals surface area contributed by atoms with Crippen LogP contribution in [0.15, 0.2) is 70.4 Å². The van der Waals surface area contributed by atoms with Crippen molar-refractivity contribution in [3.8, 4) is 11.8 Å². The fraction of sp³-hybridized carbons (Fsp3) is 0.182. The highest BCUT2D eigenvalue weighted by molar-refractivity contribution is 8.02. The zero-order chi connectivity index (χ0) is 21.0. The van der Waals surface area contributed by atoms with Crippen molar-refractivity contribution < 1.29 is 9.53 Å². The van der Waals surface area contributed by atoms with Gasteiger partial charge in [-0.1, -0.05) is 24.3 Å². The SMILES string of the molecule is COc1ccccc1NC(=O)C1=C(C)NC(SC)=C(C#N)C1c1ccc(N)cc1. The van der Waals surface area contributed by atoms with Crippen molar-refractivity contribution >= 4 is 29.0 Å². The number of thioether (sulfide) groups is 1. The van der Waals surface area contributed by atoms with Crippen molar-refractivity contribution in [1.82, 2.24) is 5.32 Å². The number of nitrogens with two attached hydrogens (primary N) is 1. The number of amides is 1. The van der Waals surface area contributed by atoms with Crippen LogP contribution in [-0.2, 0) is 4.79 Å². The Labute approximate surface area is 174 Å². The van der Waals surface area contributed by atoms with Gasteiger partial charge in [0.25, 0.3) is 5.91 Å². The number of ether oxygens (including phenoxy) is 1. The number of rotatable bonds is 5. The average molecular weight is 407 g/mol. The summed E-state index contributed by atoms with van der Waals surface area (Å²) >= 11 is 1.44. The molecule has 3 rings (SSSR count). The standard InChI is InChI=1S/C22H22N4O2S/c1-13-19(21(27)26-17-6-4-5-7-18(17)28-2)20(14-8-10-15(24)11-9-14)16(12-23)22(25-13)29-3/h4-11,20,25H,24H2,1-3H3,(H,26,27). The highest BCUT2D eigenvalue weighted by atomic mass is 32.2. The summed E-state index contributed by atoms with van der Waals surface area (Å²) in [4.78, 5) is 13.3. The van der Waals surface area contributed by atoms with Crippen LogP contribution in [0, 0.1) is 11.3 Å². The molecule has 148 valence electrons. The summed E-state index contributed by atoms with van der Waals surface area (Å²) in [5.41, 5.74) is 9.52. The van der Waals surface area contributed by atoms with Gasteiger partial charge in [0, 0.05) is 17.0 Å². The number of anilines is 2. The van der Waals surface area contributed by atoms with E-state index >= 15 is 0 Å². The molecule has 1 aliphatic heterocycles. The molecule has 0 radical (unpaired) electrons. The highest BCUT2D eigenvalue weighted by Gasteiger charge is 2.34. The van der Waals surface area contributed by atoms with E-state index in [1.165, 1.54) is 11.8 Å². The molecule has 6 nitrogen and oxygen atoms in total. The van der Waals surface area contributed by atoms with E-state index in [-0.39, 0.29) is 5.91 Å². The Morgan fingerprint density at radius 2 is 1.93 bits per heavy atom. The molecule has 2 aromatic rings. The van der Waals surface area contributed by atoms with Crippen molar-refractivity contribution in [3.63, 3.8) is 0 Å². The number of para-hydroxylation sites is 2. The Hall–Kier alpha value is -3.37. The minimum Gasteiger partial charge on any atom is -0.495 e. The number of nitrogen functional groups attached to an aromatic ring is 1. The monoisotopic (exact) mass is 406 g/mol. The van der Waals surface area contributed by atoms with Gasteiger partial charge in [-0.05, 0) is 43.0 Å². The molecular formula is C22H22N4O2S. The second-order valence-electron chi connectivity index (χ2n) is 6.48. The van der Waals surface area contributed by atoms with Gasteiger partial charge >= 0.3 is 0 Å². The lowest BCUT2D eigenvalue weighted by atomic mass is 9.82. The van der Waals surface area contributed by atoms with Crippen LogP contribution in [0.3, 0.4) is 0 Å². The number of nitrogens with zero attached hydrogens (tertiary/aromatic N) is 1. The summed E-state index contributed by atoms with van der Waals surface area (Å²) in [5.74, 6) is -0.235. The molecule has 1 unspecified atom stereocenters. The number of carbonyl (C=O) groups excluding carboxylic acids is 1. The Kier molecular flexibility index (Phi) is 6.15. The van der Waals surface area contributed by atoms with E-state index in [0.717, 1.165) is 10.6 Å². The molecule has 4 N–H and O–H groups in total. The summed E-state index contributed by atoms with van der Waals surface area (Å²) in [6, 6.07) is 16.7. The van der Waals surface area contributed by atoms with Gasteiger partial charge in [0.05, 0.1) is 35.4 Å². The lowest BCUT2D eigenvalue weighted by Gasteiger charge is -2.29. The normalized spacial score (nSPS) is 16.1. The van der Waals surface area contributed by atoms with Crippen molar-refractivity contribution in [3.05, 3.63) is 76.0 Å². The van der Waals surface area contributed by atoms with Crippen molar-refractivity contribution in [2.24, 2.45) is 0 Å². The third-order valence-corrected chi connectivity index (χ3v) is 5.45. The van der Waals surface area contributed by atoms with Gasteiger partial charge in [0.2, 0.25) is 0 Å². The van der Waals surface area contributed by atoms with E-state index in [2.05, 4.69) is 16.7 Å². The summed E-state index contributed by atoms with van der Waals surface area (Å²) < 4.78 is 5.34. The van der Waals surface area contributed by atoms with Crippen LogP contribution in [-0.4, -0.2) is 19.3 Å². The van der Waals surface area contributed by atoms with Crippen molar-refractivity contribution in [1.29, 1.82) is 5.26 Å². The molecule has 0 aliphatic carbocycles. The second-order valence-corrected chi connectivity index (χ2v) is 7.29. The molecule has 1 heterocycles. The van der Waals surface area contributed by atoms with Crippen LogP contribution >= 0.6 is 11.8 Å². The fourth-order valence-electron chi connectivity index (χ4n) is 3.33. The number of dihydropyridines is 1. The molecule has 0 aromatic heterocycles. The highest BCUT2D eigenvalue weighted by Crippen LogP contribution is 2.41. The predicted octanol–water partition coefficient (Wildman–Crippen LogP) is 3.98. The van der Waals surface area contributed by atoms with E-state index in [0.29, 0.717) is 34.0 Å². The summed E-state index contributed by atoms with van der Waals surface area (Å²) in [6.45, 7) is 1.84. The average Bonchev–Trinajstić information content (AvgIpc) is 2.73. The van der Waals surface area contributed by atoms with E-state index < -0.39 is 5.92 Å². The molecule has 7 heteroatoms.